The number of carbonyl (C=O) groups is 1. The van der Waals surface area contributed by atoms with E-state index in [0.717, 1.165) is 37.3 Å². The van der Waals surface area contributed by atoms with Crippen LogP contribution in [-0.2, 0) is 16.6 Å². The first kappa shape index (κ1) is 17.6. The maximum absolute atomic E-state index is 12.6. The highest BCUT2D eigenvalue weighted by atomic mass is 16.5. The van der Waals surface area contributed by atoms with Crippen molar-refractivity contribution in [3.8, 4) is 0 Å². The summed E-state index contributed by atoms with van der Waals surface area (Å²) in [4.78, 5) is 18.9. The number of aromatic nitrogens is 4. The highest BCUT2D eigenvalue weighted by molar-refractivity contribution is 5.76. The number of nitrogens with zero attached hydrogens (tertiary/aromatic N) is 4. The number of hydrogen-bond acceptors (Lipinski definition) is 5. The second kappa shape index (κ2) is 6.98. The second-order valence-electron chi connectivity index (χ2n) is 7.92. The Hall–Kier alpha value is -2.18. The number of rotatable bonds is 4. The first-order chi connectivity index (χ1) is 11.8. The molecule has 1 atom stereocenters. The third-order valence-electron chi connectivity index (χ3n) is 4.61. The van der Waals surface area contributed by atoms with Crippen molar-refractivity contribution in [1.82, 2.24) is 25.2 Å². The summed E-state index contributed by atoms with van der Waals surface area (Å²) in [6, 6.07) is 2.07. The number of likely N-dealkylation sites (tertiary alicyclic amines) is 1. The van der Waals surface area contributed by atoms with Crippen molar-refractivity contribution in [2.24, 2.45) is 0 Å². The summed E-state index contributed by atoms with van der Waals surface area (Å²) in [7, 11) is 0. The summed E-state index contributed by atoms with van der Waals surface area (Å²) >= 11 is 0. The Morgan fingerprint density at radius 1 is 1.44 bits per heavy atom. The summed E-state index contributed by atoms with van der Waals surface area (Å²) in [6.07, 6.45) is 2.98. The number of carbonyl (C=O) groups excluding carboxylic acids is 1. The lowest BCUT2D eigenvalue weighted by molar-refractivity contribution is -0.132. The molecule has 1 aliphatic rings. The van der Waals surface area contributed by atoms with Crippen molar-refractivity contribution in [2.75, 3.05) is 13.1 Å². The molecule has 2 aromatic rings. The molecule has 1 aliphatic heterocycles. The van der Waals surface area contributed by atoms with E-state index in [0.29, 0.717) is 30.5 Å². The predicted octanol–water partition coefficient (Wildman–Crippen LogP) is 2.74. The molecular weight excluding hydrogens is 318 g/mol. The normalized spacial score (nSPS) is 18.6. The highest BCUT2D eigenvalue weighted by Crippen LogP contribution is 2.26. The molecule has 2 aromatic heterocycles. The molecule has 1 saturated heterocycles. The number of H-pyrrole nitrogens is 1. The first-order valence-electron chi connectivity index (χ1n) is 8.95. The van der Waals surface area contributed by atoms with Crippen LogP contribution in [0.1, 0.15) is 69.1 Å². The zero-order valence-electron chi connectivity index (χ0n) is 15.5. The molecule has 0 spiro atoms. The van der Waals surface area contributed by atoms with Gasteiger partial charge < -0.3 is 9.42 Å². The van der Waals surface area contributed by atoms with E-state index >= 15 is 0 Å². The summed E-state index contributed by atoms with van der Waals surface area (Å²) in [6.45, 7) is 9.67. The third kappa shape index (κ3) is 4.27. The van der Waals surface area contributed by atoms with Crippen LogP contribution in [0, 0.1) is 6.92 Å². The van der Waals surface area contributed by atoms with Gasteiger partial charge in [-0.2, -0.15) is 10.1 Å². The standard InChI is InChI=1S/C18H27N5O2/c1-12-10-14(21-20-12)13-6-5-9-23(11-13)16(24)8-7-15-19-17(22-25-15)18(2,3)4/h10,13H,5-9,11H2,1-4H3,(H,20,21)/t13-/m1/s1. The van der Waals surface area contributed by atoms with Gasteiger partial charge in [0.1, 0.15) is 0 Å². The van der Waals surface area contributed by atoms with Crippen LogP contribution in [0.4, 0.5) is 0 Å². The lowest BCUT2D eigenvalue weighted by Gasteiger charge is -2.32. The van der Waals surface area contributed by atoms with Gasteiger partial charge in [-0.05, 0) is 25.8 Å². The molecule has 0 aliphatic carbocycles. The van der Waals surface area contributed by atoms with Crippen LogP contribution in [0.3, 0.4) is 0 Å². The Bertz CT molecular complexity index is 728. The maximum Gasteiger partial charge on any atom is 0.227 e. The van der Waals surface area contributed by atoms with Gasteiger partial charge in [-0.3, -0.25) is 9.89 Å². The molecule has 7 heteroatoms. The van der Waals surface area contributed by atoms with Crippen LogP contribution in [-0.4, -0.2) is 44.2 Å². The van der Waals surface area contributed by atoms with Gasteiger partial charge in [0, 0.05) is 43.0 Å². The van der Waals surface area contributed by atoms with Gasteiger partial charge >= 0.3 is 0 Å². The van der Waals surface area contributed by atoms with Crippen molar-refractivity contribution >= 4 is 5.91 Å². The van der Waals surface area contributed by atoms with Gasteiger partial charge in [0.05, 0.1) is 5.69 Å². The Morgan fingerprint density at radius 3 is 2.88 bits per heavy atom. The molecular formula is C18H27N5O2. The quantitative estimate of drug-likeness (QED) is 0.920. The Labute approximate surface area is 148 Å². The Balaban J connectivity index is 1.55. The summed E-state index contributed by atoms with van der Waals surface area (Å²) in [5.41, 5.74) is 1.97. The van der Waals surface area contributed by atoms with Gasteiger partial charge in [-0.25, -0.2) is 0 Å². The minimum atomic E-state index is -0.145. The molecule has 25 heavy (non-hydrogen) atoms. The first-order valence-corrected chi connectivity index (χ1v) is 8.95. The van der Waals surface area contributed by atoms with Gasteiger partial charge in [-0.1, -0.05) is 25.9 Å². The predicted molar refractivity (Wildman–Crippen MR) is 93.2 cm³/mol. The second-order valence-corrected chi connectivity index (χ2v) is 7.92. The number of nitrogens with one attached hydrogen (secondary N) is 1. The fourth-order valence-electron chi connectivity index (χ4n) is 3.13. The molecule has 0 bridgehead atoms. The monoisotopic (exact) mass is 345 g/mol. The molecule has 0 saturated carbocycles. The van der Waals surface area contributed by atoms with Crippen molar-refractivity contribution in [2.45, 2.75) is 64.7 Å². The average Bonchev–Trinajstić information content (AvgIpc) is 3.21. The number of aromatic amines is 1. The largest absolute Gasteiger partial charge is 0.342 e. The molecule has 3 rings (SSSR count). The van der Waals surface area contributed by atoms with E-state index in [1.165, 1.54) is 0 Å². The average molecular weight is 345 g/mol. The van der Waals surface area contributed by atoms with E-state index in [1.54, 1.807) is 0 Å². The molecule has 1 fully saturated rings. The van der Waals surface area contributed by atoms with Gasteiger partial charge in [0.2, 0.25) is 11.8 Å². The molecule has 3 heterocycles. The van der Waals surface area contributed by atoms with Gasteiger partial charge in [0.25, 0.3) is 0 Å². The summed E-state index contributed by atoms with van der Waals surface area (Å²) in [5, 5.41) is 11.4. The third-order valence-corrected chi connectivity index (χ3v) is 4.61. The van der Waals surface area contributed by atoms with Crippen LogP contribution in [0.15, 0.2) is 10.6 Å². The van der Waals surface area contributed by atoms with E-state index < -0.39 is 0 Å². The number of hydrogen-bond donors (Lipinski definition) is 1. The number of amides is 1. The lowest BCUT2D eigenvalue weighted by atomic mass is 9.94. The zero-order chi connectivity index (χ0) is 18.0. The van der Waals surface area contributed by atoms with Crippen molar-refractivity contribution in [3.63, 3.8) is 0 Å². The van der Waals surface area contributed by atoms with Crippen LogP contribution in [0.5, 0.6) is 0 Å². The smallest absolute Gasteiger partial charge is 0.227 e. The SMILES string of the molecule is Cc1cc([C@@H]2CCCN(C(=O)CCc3nc(C(C)(C)C)no3)C2)n[nH]1. The minimum Gasteiger partial charge on any atom is -0.342 e. The molecule has 0 radical (unpaired) electrons. The van der Waals surface area contributed by atoms with E-state index in [-0.39, 0.29) is 11.3 Å². The summed E-state index contributed by atoms with van der Waals surface area (Å²) in [5.74, 6) is 1.68. The highest BCUT2D eigenvalue weighted by Gasteiger charge is 2.27. The van der Waals surface area contributed by atoms with Crippen LogP contribution >= 0.6 is 0 Å². The maximum atomic E-state index is 12.6. The van der Waals surface area contributed by atoms with Gasteiger partial charge in [-0.15, -0.1) is 0 Å². The number of aryl methyl sites for hydroxylation is 2. The molecule has 1 amide bonds. The lowest BCUT2D eigenvalue weighted by Crippen LogP contribution is -2.39. The topological polar surface area (TPSA) is 87.9 Å². The summed E-state index contributed by atoms with van der Waals surface area (Å²) < 4.78 is 5.28. The van der Waals surface area contributed by atoms with E-state index in [4.69, 9.17) is 4.52 Å². The fourth-order valence-corrected chi connectivity index (χ4v) is 3.13. The van der Waals surface area contributed by atoms with E-state index in [9.17, 15) is 4.79 Å². The molecule has 1 N–H and O–H groups in total. The molecule has 0 aromatic carbocycles. The van der Waals surface area contributed by atoms with Crippen molar-refractivity contribution in [1.29, 1.82) is 0 Å². The fraction of sp³-hybridized carbons (Fsp3) is 0.667. The van der Waals surface area contributed by atoms with Crippen LogP contribution < -0.4 is 0 Å². The van der Waals surface area contributed by atoms with Crippen molar-refractivity contribution < 1.29 is 9.32 Å². The molecule has 136 valence electrons. The number of piperidine rings is 1. The molecule has 0 unspecified atom stereocenters. The zero-order valence-corrected chi connectivity index (χ0v) is 15.5. The minimum absolute atomic E-state index is 0.145. The van der Waals surface area contributed by atoms with Crippen LogP contribution in [0.2, 0.25) is 0 Å². The Kier molecular flexibility index (Phi) is 4.92. The van der Waals surface area contributed by atoms with E-state index in [1.807, 2.05) is 32.6 Å². The molecule has 7 nitrogen and oxygen atoms in total. The van der Waals surface area contributed by atoms with E-state index in [2.05, 4.69) is 26.4 Å². The van der Waals surface area contributed by atoms with Crippen LogP contribution in [0.25, 0.3) is 0 Å². The van der Waals surface area contributed by atoms with Crippen molar-refractivity contribution in [3.05, 3.63) is 29.2 Å². The Morgan fingerprint density at radius 2 is 2.24 bits per heavy atom. The van der Waals surface area contributed by atoms with Gasteiger partial charge in [0.15, 0.2) is 5.82 Å².